The van der Waals surface area contributed by atoms with Crippen LogP contribution in [0.2, 0.25) is 0 Å². The van der Waals surface area contributed by atoms with E-state index in [1.165, 1.54) is 12.1 Å². The molecule has 0 radical (unpaired) electrons. The molecule has 0 saturated heterocycles. The van der Waals surface area contributed by atoms with E-state index in [2.05, 4.69) is 10.6 Å². The van der Waals surface area contributed by atoms with Crippen LogP contribution in [0.1, 0.15) is 51.4 Å². The minimum atomic E-state index is -4.43. The van der Waals surface area contributed by atoms with Gasteiger partial charge in [0.1, 0.15) is 5.69 Å². The Kier molecular flexibility index (Phi) is 9.44. The summed E-state index contributed by atoms with van der Waals surface area (Å²) >= 11 is 1.59. The van der Waals surface area contributed by atoms with E-state index >= 15 is 0 Å². The van der Waals surface area contributed by atoms with Crippen LogP contribution in [0.5, 0.6) is 0 Å². The second-order valence-corrected chi connectivity index (χ2v) is 11.9. The lowest BCUT2D eigenvalue weighted by Gasteiger charge is -2.14. The average molecular weight is 616 g/mol. The fraction of sp³-hybridized carbons (Fsp3) is 0.200. The van der Waals surface area contributed by atoms with Gasteiger partial charge in [-0.15, -0.1) is 11.8 Å². The van der Waals surface area contributed by atoms with Crippen LogP contribution in [0.4, 0.5) is 18.9 Å². The van der Waals surface area contributed by atoms with Gasteiger partial charge in [0.2, 0.25) is 0 Å². The molecule has 0 aliphatic heterocycles. The highest BCUT2D eigenvalue weighted by molar-refractivity contribution is 7.98. The highest BCUT2D eigenvalue weighted by Gasteiger charge is 2.30. The van der Waals surface area contributed by atoms with Crippen LogP contribution in [-0.4, -0.2) is 22.9 Å². The Balaban J connectivity index is 1.41. The third-order valence-electron chi connectivity index (χ3n) is 7.05. The van der Waals surface area contributed by atoms with Crippen molar-refractivity contribution in [2.45, 2.75) is 37.2 Å². The molecule has 0 unspecified atom stereocenters. The number of aromatic nitrogens is 1. The fourth-order valence-corrected chi connectivity index (χ4v) is 5.80. The molecule has 5 nitrogen and oxygen atoms in total. The van der Waals surface area contributed by atoms with Gasteiger partial charge in [-0.2, -0.15) is 13.2 Å². The van der Waals surface area contributed by atoms with Gasteiger partial charge < -0.3 is 15.2 Å². The number of carbonyl (C=O) groups is 2. The molecule has 5 aromatic rings. The van der Waals surface area contributed by atoms with Gasteiger partial charge in [-0.1, -0.05) is 68.4 Å². The van der Waals surface area contributed by atoms with Crippen LogP contribution in [0.15, 0.2) is 108 Å². The summed E-state index contributed by atoms with van der Waals surface area (Å²) in [5.41, 5.74) is 3.27. The van der Waals surface area contributed by atoms with Crippen molar-refractivity contribution in [2.24, 2.45) is 5.92 Å². The maximum absolute atomic E-state index is 13.4. The van der Waals surface area contributed by atoms with Crippen molar-refractivity contribution in [3.05, 3.63) is 131 Å². The molecule has 0 bridgehead atoms. The van der Waals surface area contributed by atoms with E-state index in [0.717, 1.165) is 39.2 Å². The van der Waals surface area contributed by atoms with Gasteiger partial charge >= 0.3 is 6.18 Å². The van der Waals surface area contributed by atoms with E-state index in [1.54, 1.807) is 40.6 Å². The molecule has 0 aliphatic carbocycles. The van der Waals surface area contributed by atoms with Gasteiger partial charge in [0.05, 0.1) is 11.1 Å². The van der Waals surface area contributed by atoms with Crippen LogP contribution < -0.4 is 10.6 Å². The van der Waals surface area contributed by atoms with Gasteiger partial charge in [-0.05, 0) is 65.6 Å². The quantitative estimate of drug-likeness (QED) is 0.155. The van der Waals surface area contributed by atoms with E-state index in [4.69, 9.17) is 0 Å². The predicted octanol–water partition coefficient (Wildman–Crippen LogP) is 8.64. The van der Waals surface area contributed by atoms with Crippen LogP contribution in [0.3, 0.4) is 0 Å². The standard InChI is InChI=1S/C35H32F3N3O2S/c1-23(2)20-39-34(43)31-19-26-18-28(16-17-30(26)41(31)21-24-12-14-27(15-13-24)35(36,37)38)40-33(42)29-10-6-7-11-32(29)44-22-25-8-4-3-5-9-25/h3-19,23H,20-22H2,1-2H3,(H,39,43)(H,40,42). The predicted molar refractivity (Wildman–Crippen MR) is 170 cm³/mol. The highest BCUT2D eigenvalue weighted by atomic mass is 32.2. The molecule has 2 N–H and O–H groups in total. The van der Waals surface area contributed by atoms with Crippen molar-refractivity contribution >= 4 is 40.2 Å². The van der Waals surface area contributed by atoms with Crippen molar-refractivity contribution in [1.82, 2.24) is 9.88 Å². The van der Waals surface area contributed by atoms with Crippen molar-refractivity contribution in [3.63, 3.8) is 0 Å². The molecular formula is C35H32F3N3O2S. The molecule has 44 heavy (non-hydrogen) atoms. The number of thioether (sulfide) groups is 1. The Morgan fingerprint density at radius 1 is 0.818 bits per heavy atom. The number of benzene rings is 4. The first kappa shape index (κ1) is 30.9. The smallest absolute Gasteiger partial charge is 0.351 e. The first-order chi connectivity index (χ1) is 21.1. The molecular weight excluding hydrogens is 583 g/mol. The number of nitrogens with zero attached hydrogens (tertiary/aromatic N) is 1. The van der Waals surface area contributed by atoms with Crippen LogP contribution in [0.25, 0.3) is 10.9 Å². The Hall–Kier alpha value is -4.50. The lowest BCUT2D eigenvalue weighted by atomic mass is 10.1. The Labute approximate surface area is 258 Å². The van der Waals surface area contributed by atoms with Crippen LogP contribution in [-0.2, 0) is 18.5 Å². The molecule has 1 heterocycles. The van der Waals surface area contributed by atoms with Gasteiger partial charge in [0, 0.05) is 40.3 Å². The maximum Gasteiger partial charge on any atom is 0.416 e. The van der Waals surface area contributed by atoms with E-state index in [1.807, 2.05) is 68.4 Å². The number of alkyl halides is 3. The van der Waals surface area contributed by atoms with E-state index in [9.17, 15) is 22.8 Å². The molecule has 1 aromatic heterocycles. The second-order valence-electron chi connectivity index (χ2n) is 10.9. The molecule has 4 aromatic carbocycles. The molecule has 0 aliphatic rings. The third-order valence-corrected chi connectivity index (χ3v) is 8.20. The second kappa shape index (κ2) is 13.4. The zero-order chi connectivity index (χ0) is 31.3. The monoisotopic (exact) mass is 615 g/mol. The third kappa shape index (κ3) is 7.52. The summed E-state index contributed by atoms with van der Waals surface area (Å²) in [6.45, 7) is 4.66. The zero-order valence-corrected chi connectivity index (χ0v) is 25.1. The number of anilines is 1. The number of carbonyl (C=O) groups excluding carboxylic acids is 2. The summed E-state index contributed by atoms with van der Waals surface area (Å²) in [4.78, 5) is 27.5. The maximum atomic E-state index is 13.4. The summed E-state index contributed by atoms with van der Waals surface area (Å²) in [6.07, 6.45) is -4.43. The summed E-state index contributed by atoms with van der Waals surface area (Å²) in [7, 11) is 0. The van der Waals surface area contributed by atoms with Crippen LogP contribution in [0, 0.1) is 5.92 Å². The normalized spacial score (nSPS) is 11.6. The average Bonchev–Trinajstić information content (AvgIpc) is 3.36. The molecule has 2 amide bonds. The van der Waals surface area contributed by atoms with Gasteiger partial charge in [-0.3, -0.25) is 9.59 Å². The van der Waals surface area contributed by atoms with E-state index < -0.39 is 11.7 Å². The van der Waals surface area contributed by atoms with Gasteiger partial charge in [-0.25, -0.2) is 0 Å². The highest BCUT2D eigenvalue weighted by Crippen LogP contribution is 2.31. The minimum Gasteiger partial charge on any atom is -0.351 e. The minimum absolute atomic E-state index is 0.198. The lowest BCUT2D eigenvalue weighted by molar-refractivity contribution is -0.137. The molecule has 0 fully saturated rings. The fourth-order valence-electron chi connectivity index (χ4n) is 4.79. The van der Waals surface area contributed by atoms with Crippen molar-refractivity contribution in [2.75, 3.05) is 11.9 Å². The van der Waals surface area contributed by atoms with E-state index in [0.29, 0.717) is 29.1 Å². The van der Waals surface area contributed by atoms with Crippen LogP contribution >= 0.6 is 11.8 Å². The van der Waals surface area contributed by atoms with Gasteiger partial charge in [0.25, 0.3) is 11.8 Å². The number of halogens is 3. The number of hydrogen-bond donors (Lipinski definition) is 2. The van der Waals surface area contributed by atoms with Crippen molar-refractivity contribution in [3.8, 4) is 0 Å². The first-order valence-electron chi connectivity index (χ1n) is 14.2. The molecule has 0 atom stereocenters. The number of amides is 2. The Morgan fingerprint density at radius 3 is 2.23 bits per heavy atom. The number of rotatable bonds is 10. The van der Waals surface area contributed by atoms with Crippen molar-refractivity contribution < 1.29 is 22.8 Å². The Morgan fingerprint density at radius 2 is 1.52 bits per heavy atom. The van der Waals surface area contributed by atoms with Crippen molar-refractivity contribution in [1.29, 1.82) is 0 Å². The number of hydrogen-bond acceptors (Lipinski definition) is 3. The molecule has 9 heteroatoms. The largest absolute Gasteiger partial charge is 0.416 e. The summed E-state index contributed by atoms with van der Waals surface area (Å²) in [5.74, 6) is 0.434. The first-order valence-corrected chi connectivity index (χ1v) is 15.2. The summed E-state index contributed by atoms with van der Waals surface area (Å²) in [5, 5.41) is 6.64. The number of nitrogens with one attached hydrogen (secondary N) is 2. The van der Waals surface area contributed by atoms with Gasteiger partial charge in [0.15, 0.2) is 0 Å². The number of fused-ring (bicyclic) bond motifs is 1. The SMILES string of the molecule is CC(C)CNC(=O)c1cc2cc(NC(=O)c3ccccc3SCc3ccccc3)ccc2n1Cc1ccc(C(F)(F)F)cc1. The molecule has 5 rings (SSSR count). The molecule has 0 saturated carbocycles. The molecule has 0 spiro atoms. The summed E-state index contributed by atoms with van der Waals surface area (Å²) < 4.78 is 41.1. The topological polar surface area (TPSA) is 63.1 Å². The zero-order valence-electron chi connectivity index (χ0n) is 24.3. The Bertz CT molecular complexity index is 1760. The lowest BCUT2D eigenvalue weighted by Crippen LogP contribution is -2.29. The molecule has 226 valence electrons. The van der Waals surface area contributed by atoms with E-state index in [-0.39, 0.29) is 24.3 Å². The summed E-state index contributed by atoms with van der Waals surface area (Å²) in [6, 6.07) is 29.5.